The van der Waals surface area contributed by atoms with Crippen molar-refractivity contribution in [1.82, 2.24) is 5.32 Å². The SMILES string of the molecule is CC1=C(C#N)C(=O)NC(=O)/C1=C\c1ccc(-c2ccccc2)o1. The molecule has 0 radical (unpaired) electrons. The second kappa shape index (κ2) is 5.78. The molecule has 0 aliphatic carbocycles. The maximum absolute atomic E-state index is 12.0. The van der Waals surface area contributed by atoms with Crippen molar-refractivity contribution in [3.05, 3.63) is 64.9 Å². The van der Waals surface area contributed by atoms with Gasteiger partial charge in [0.2, 0.25) is 0 Å². The summed E-state index contributed by atoms with van der Waals surface area (Å²) in [5.41, 5.74) is 1.45. The van der Waals surface area contributed by atoms with E-state index in [9.17, 15) is 9.59 Å². The fraction of sp³-hybridized carbons (Fsp3) is 0.0556. The van der Waals surface area contributed by atoms with Gasteiger partial charge in [-0.05, 0) is 30.7 Å². The Morgan fingerprint density at radius 3 is 2.52 bits per heavy atom. The highest BCUT2D eigenvalue weighted by Gasteiger charge is 2.27. The van der Waals surface area contributed by atoms with E-state index in [-0.39, 0.29) is 11.1 Å². The summed E-state index contributed by atoms with van der Waals surface area (Å²) in [5, 5.41) is 11.2. The zero-order valence-corrected chi connectivity index (χ0v) is 12.3. The maximum Gasteiger partial charge on any atom is 0.269 e. The molecule has 0 saturated carbocycles. The number of amides is 2. The van der Waals surface area contributed by atoms with Gasteiger partial charge in [-0.25, -0.2) is 0 Å². The van der Waals surface area contributed by atoms with E-state index in [4.69, 9.17) is 9.68 Å². The van der Waals surface area contributed by atoms with E-state index in [0.29, 0.717) is 17.1 Å². The van der Waals surface area contributed by atoms with Crippen LogP contribution >= 0.6 is 0 Å². The molecule has 0 spiro atoms. The third kappa shape index (κ3) is 2.70. The van der Waals surface area contributed by atoms with E-state index in [1.807, 2.05) is 36.4 Å². The lowest BCUT2D eigenvalue weighted by Gasteiger charge is -2.15. The van der Waals surface area contributed by atoms with Crippen LogP contribution in [0.1, 0.15) is 12.7 Å². The van der Waals surface area contributed by atoms with Crippen molar-refractivity contribution in [2.24, 2.45) is 0 Å². The van der Waals surface area contributed by atoms with Crippen molar-refractivity contribution < 1.29 is 14.0 Å². The van der Waals surface area contributed by atoms with Crippen molar-refractivity contribution in [1.29, 1.82) is 5.26 Å². The molecule has 0 bridgehead atoms. The molecular weight excluding hydrogens is 292 g/mol. The number of benzene rings is 1. The Labute approximate surface area is 132 Å². The monoisotopic (exact) mass is 304 g/mol. The van der Waals surface area contributed by atoms with Crippen LogP contribution in [-0.4, -0.2) is 11.8 Å². The zero-order valence-electron chi connectivity index (χ0n) is 12.3. The van der Waals surface area contributed by atoms with Crippen LogP contribution in [0.4, 0.5) is 0 Å². The molecular formula is C18H12N2O3. The summed E-state index contributed by atoms with van der Waals surface area (Å²) in [7, 11) is 0. The molecule has 0 atom stereocenters. The number of hydrogen-bond donors (Lipinski definition) is 1. The van der Waals surface area contributed by atoms with Crippen LogP contribution in [0.15, 0.2) is 63.6 Å². The van der Waals surface area contributed by atoms with Crippen LogP contribution < -0.4 is 5.32 Å². The van der Waals surface area contributed by atoms with E-state index >= 15 is 0 Å². The van der Waals surface area contributed by atoms with Crippen LogP contribution in [0.3, 0.4) is 0 Å². The van der Waals surface area contributed by atoms with Crippen LogP contribution in [0.25, 0.3) is 17.4 Å². The molecule has 1 aromatic heterocycles. The second-order valence-electron chi connectivity index (χ2n) is 5.02. The van der Waals surface area contributed by atoms with Crippen molar-refractivity contribution in [2.45, 2.75) is 6.92 Å². The third-order valence-electron chi connectivity index (χ3n) is 3.56. The molecule has 1 aliphatic rings. The number of nitrogens with zero attached hydrogens (tertiary/aromatic N) is 1. The van der Waals surface area contributed by atoms with Gasteiger partial charge in [-0.2, -0.15) is 5.26 Å². The van der Waals surface area contributed by atoms with Crippen molar-refractivity contribution in [2.75, 3.05) is 0 Å². The Morgan fingerprint density at radius 2 is 1.83 bits per heavy atom. The van der Waals surface area contributed by atoms with Gasteiger partial charge in [0, 0.05) is 11.1 Å². The smallest absolute Gasteiger partial charge is 0.269 e. The zero-order chi connectivity index (χ0) is 16.4. The maximum atomic E-state index is 12.0. The van der Waals surface area contributed by atoms with E-state index in [2.05, 4.69) is 5.32 Å². The lowest BCUT2D eigenvalue weighted by molar-refractivity contribution is -0.126. The van der Waals surface area contributed by atoms with Crippen LogP contribution in [0.5, 0.6) is 0 Å². The summed E-state index contributed by atoms with van der Waals surface area (Å²) < 4.78 is 5.72. The Kier molecular flexibility index (Phi) is 3.65. The van der Waals surface area contributed by atoms with Gasteiger partial charge in [0.25, 0.3) is 11.8 Å². The first-order valence-electron chi connectivity index (χ1n) is 6.94. The third-order valence-corrected chi connectivity index (χ3v) is 3.56. The largest absolute Gasteiger partial charge is 0.457 e. The molecule has 5 heteroatoms. The molecule has 0 saturated heterocycles. The number of furan rings is 1. The molecule has 1 N–H and O–H groups in total. The molecule has 1 aromatic carbocycles. The van der Waals surface area contributed by atoms with Gasteiger partial charge in [-0.15, -0.1) is 0 Å². The van der Waals surface area contributed by atoms with Gasteiger partial charge in [0.1, 0.15) is 23.2 Å². The first-order chi connectivity index (χ1) is 11.1. The van der Waals surface area contributed by atoms with Crippen LogP contribution in [0.2, 0.25) is 0 Å². The lowest BCUT2D eigenvalue weighted by atomic mass is 9.96. The Hall–Kier alpha value is -3.39. The molecule has 2 amide bonds. The molecule has 23 heavy (non-hydrogen) atoms. The number of carbonyl (C=O) groups excluding carboxylic acids is 2. The summed E-state index contributed by atoms with van der Waals surface area (Å²) in [6, 6.07) is 14.9. The number of rotatable bonds is 2. The predicted molar refractivity (Wildman–Crippen MR) is 83.6 cm³/mol. The summed E-state index contributed by atoms with van der Waals surface area (Å²) in [5.74, 6) is -0.0624. The highest BCUT2D eigenvalue weighted by molar-refractivity contribution is 6.19. The van der Waals surface area contributed by atoms with E-state index in [1.165, 1.54) is 6.08 Å². The molecule has 5 nitrogen and oxygen atoms in total. The minimum Gasteiger partial charge on any atom is -0.457 e. The molecule has 3 rings (SSSR count). The number of nitrogens with one attached hydrogen (secondary N) is 1. The topological polar surface area (TPSA) is 83.1 Å². The number of imide groups is 1. The Bertz CT molecular complexity index is 896. The van der Waals surface area contributed by atoms with Crippen LogP contribution in [-0.2, 0) is 9.59 Å². The number of nitriles is 1. The number of hydrogen-bond acceptors (Lipinski definition) is 4. The average Bonchev–Trinajstić information content (AvgIpc) is 3.01. The van der Waals surface area contributed by atoms with Gasteiger partial charge in [0.05, 0.1) is 0 Å². The first kappa shape index (κ1) is 14.5. The quantitative estimate of drug-likeness (QED) is 0.683. The van der Waals surface area contributed by atoms with E-state index < -0.39 is 11.8 Å². The molecule has 2 aromatic rings. The summed E-state index contributed by atoms with van der Waals surface area (Å²) in [4.78, 5) is 23.5. The standard InChI is InChI=1S/C18H12N2O3/c1-11-14(17(21)20-18(22)15(11)10-19)9-13-7-8-16(23-13)12-5-3-2-4-6-12/h2-9H,1H3,(H,20,21,22)/b14-9-. The Balaban J connectivity index is 2.01. The van der Waals surface area contributed by atoms with Crippen molar-refractivity contribution in [3.63, 3.8) is 0 Å². The van der Waals surface area contributed by atoms with Crippen molar-refractivity contribution in [3.8, 4) is 17.4 Å². The van der Waals surface area contributed by atoms with Gasteiger partial charge in [-0.3, -0.25) is 14.9 Å². The summed E-state index contributed by atoms with van der Waals surface area (Å²) >= 11 is 0. The van der Waals surface area contributed by atoms with Crippen molar-refractivity contribution >= 4 is 17.9 Å². The lowest BCUT2D eigenvalue weighted by Crippen LogP contribution is -2.37. The summed E-state index contributed by atoms with van der Waals surface area (Å²) in [6.45, 7) is 1.57. The van der Waals surface area contributed by atoms with Gasteiger partial charge >= 0.3 is 0 Å². The van der Waals surface area contributed by atoms with Gasteiger partial charge < -0.3 is 4.42 Å². The molecule has 0 unspecified atom stereocenters. The average molecular weight is 304 g/mol. The number of carbonyl (C=O) groups is 2. The predicted octanol–water partition coefficient (Wildman–Crippen LogP) is 2.83. The van der Waals surface area contributed by atoms with Gasteiger partial charge in [-0.1, -0.05) is 30.3 Å². The second-order valence-corrected chi connectivity index (χ2v) is 5.02. The highest BCUT2D eigenvalue weighted by Crippen LogP contribution is 2.26. The van der Waals surface area contributed by atoms with Gasteiger partial charge in [0.15, 0.2) is 0 Å². The minimum absolute atomic E-state index is 0.0642. The normalized spacial score (nSPS) is 16.4. The fourth-order valence-electron chi connectivity index (χ4n) is 2.35. The van der Waals surface area contributed by atoms with E-state index in [0.717, 1.165) is 5.56 Å². The minimum atomic E-state index is -0.670. The highest BCUT2D eigenvalue weighted by atomic mass is 16.3. The van der Waals surface area contributed by atoms with Crippen LogP contribution in [0, 0.1) is 11.3 Å². The molecule has 2 heterocycles. The molecule has 0 fully saturated rings. The summed E-state index contributed by atoms with van der Waals surface area (Å²) in [6.07, 6.45) is 1.53. The molecule has 1 aliphatic heterocycles. The first-order valence-corrected chi connectivity index (χ1v) is 6.94. The fourth-order valence-corrected chi connectivity index (χ4v) is 2.35. The Morgan fingerprint density at radius 1 is 1.09 bits per heavy atom. The molecule has 112 valence electrons. The van der Waals surface area contributed by atoms with E-state index in [1.54, 1.807) is 19.1 Å².